The Labute approximate surface area is 194 Å². The summed E-state index contributed by atoms with van der Waals surface area (Å²) in [7, 11) is -3.40. The van der Waals surface area contributed by atoms with Crippen LogP contribution in [-0.2, 0) is 26.6 Å². The predicted molar refractivity (Wildman–Crippen MR) is 129 cm³/mol. The first-order valence-electron chi connectivity index (χ1n) is 10.3. The van der Waals surface area contributed by atoms with Crippen LogP contribution in [0.1, 0.15) is 12.1 Å². The van der Waals surface area contributed by atoms with Crippen molar-refractivity contribution in [2.45, 2.75) is 17.9 Å². The maximum Gasteiger partial charge on any atom is 0.240 e. The van der Waals surface area contributed by atoms with Crippen molar-refractivity contribution in [3.05, 3.63) is 60.3 Å². The van der Waals surface area contributed by atoms with E-state index in [0.717, 1.165) is 35.8 Å². The Morgan fingerprint density at radius 1 is 1.00 bits per heavy atom. The lowest BCUT2D eigenvalue weighted by atomic mass is 10.2. The lowest BCUT2D eigenvalue weighted by molar-refractivity contribution is 0.257. The van der Waals surface area contributed by atoms with Crippen molar-refractivity contribution in [3.8, 4) is 5.75 Å². The molecule has 33 heavy (non-hydrogen) atoms. The molecule has 3 aromatic rings. The van der Waals surface area contributed by atoms with E-state index in [0.29, 0.717) is 24.6 Å². The largest absolute Gasteiger partial charge is 0.494 e. The zero-order valence-corrected chi connectivity index (χ0v) is 20.4. The maximum atomic E-state index is 12.0. The van der Waals surface area contributed by atoms with Gasteiger partial charge in [0.25, 0.3) is 0 Å². The maximum absolute atomic E-state index is 12.0. The molecule has 0 bridgehead atoms. The molecule has 2 aromatic carbocycles. The lowest BCUT2D eigenvalue weighted by Crippen LogP contribution is -2.21. The minimum Gasteiger partial charge on any atom is -0.494 e. The lowest BCUT2D eigenvalue weighted by Gasteiger charge is -2.17. The average molecular weight is 493 g/mol. The number of rotatable bonds is 11. The Kier molecular flexibility index (Phi) is 7.90. The smallest absolute Gasteiger partial charge is 0.240 e. The number of pyridine rings is 1. The minimum atomic E-state index is -3.49. The van der Waals surface area contributed by atoms with Crippen molar-refractivity contribution in [2.75, 3.05) is 38.2 Å². The minimum absolute atomic E-state index is 0.213. The van der Waals surface area contributed by atoms with Gasteiger partial charge in [-0.25, -0.2) is 21.6 Å². The molecule has 0 aliphatic heterocycles. The number of hydrogen-bond acceptors (Lipinski definition) is 7. The van der Waals surface area contributed by atoms with Crippen LogP contribution >= 0.6 is 0 Å². The van der Waals surface area contributed by atoms with Gasteiger partial charge in [-0.2, -0.15) is 0 Å². The van der Waals surface area contributed by atoms with Crippen molar-refractivity contribution < 1.29 is 21.6 Å². The van der Waals surface area contributed by atoms with Gasteiger partial charge in [0.2, 0.25) is 20.0 Å². The molecule has 0 aliphatic carbocycles. The second-order valence-corrected chi connectivity index (χ2v) is 11.3. The van der Waals surface area contributed by atoms with Crippen molar-refractivity contribution in [3.63, 3.8) is 0 Å². The fourth-order valence-corrected chi connectivity index (χ4v) is 4.56. The van der Waals surface area contributed by atoms with E-state index in [4.69, 9.17) is 4.74 Å². The quantitative estimate of drug-likeness (QED) is 0.395. The number of fused-ring (bicyclic) bond motifs is 1. The summed E-state index contributed by atoms with van der Waals surface area (Å²) in [4.78, 5) is 6.99. The summed E-state index contributed by atoms with van der Waals surface area (Å²) < 4.78 is 56.9. The molecule has 178 valence electrons. The summed E-state index contributed by atoms with van der Waals surface area (Å²) in [5, 5.41) is 0.767. The third-order valence-electron chi connectivity index (χ3n) is 4.84. The van der Waals surface area contributed by atoms with Gasteiger partial charge < -0.3 is 9.64 Å². The number of hydrogen-bond donors (Lipinski definition) is 2. The van der Waals surface area contributed by atoms with Crippen LogP contribution < -0.4 is 14.2 Å². The monoisotopic (exact) mass is 492 g/mol. The zero-order valence-electron chi connectivity index (χ0n) is 18.8. The predicted octanol–water partition coefficient (Wildman–Crippen LogP) is 2.42. The first kappa shape index (κ1) is 24.9. The van der Waals surface area contributed by atoms with Crippen LogP contribution in [0.2, 0.25) is 0 Å². The molecule has 0 aliphatic rings. The molecule has 9 nitrogen and oxygen atoms in total. The summed E-state index contributed by atoms with van der Waals surface area (Å²) in [5.74, 6) is 0.674. The van der Waals surface area contributed by atoms with E-state index in [-0.39, 0.29) is 4.90 Å². The van der Waals surface area contributed by atoms with Gasteiger partial charge in [0.15, 0.2) is 0 Å². The van der Waals surface area contributed by atoms with Gasteiger partial charge in [0, 0.05) is 24.2 Å². The van der Waals surface area contributed by atoms with Gasteiger partial charge in [0.05, 0.1) is 29.0 Å². The number of aromatic nitrogens is 1. The van der Waals surface area contributed by atoms with E-state index in [1.54, 1.807) is 42.5 Å². The molecule has 11 heteroatoms. The highest BCUT2D eigenvalue weighted by Crippen LogP contribution is 2.19. The summed E-state index contributed by atoms with van der Waals surface area (Å²) in [6, 6.07) is 15.4. The molecule has 3 rings (SSSR count). The third-order valence-corrected chi connectivity index (χ3v) is 6.86. The SMILES string of the molecule is CNS(=O)(=O)c1ccc2nc(CN(C)CCCOc3ccc(NS(C)(=O)=O)cc3)ccc2c1. The molecular formula is C22H28N4O5S2. The molecule has 0 unspecified atom stereocenters. The number of sulfonamides is 2. The molecule has 0 spiro atoms. The Bertz CT molecular complexity index is 1310. The molecule has 1 heterocycles. The number of nitrogens with one attached hydrogen (secondary N) is 2. The molecule has 0 fully saturated rings. The highest BCUT2D eigenvalue weighted by atomic mass is 32.2. The summed E-state index contributed by atoms with van der Waals surface area (Å²) in [6.07, 6.45) is 1.91. The number of anilines is 1. The van der Waals surface area contributed by atoms with Crippen molar-refractivity contribution >= 4 is 36.6 Å². The van der Waals surface area contributed by atoms with Crippen LogP contribution in [0.25, 0.3) is 10.9 Å². The third kappa shape index (κ3) is 7.39. The Morgan fingerprint density at radius 2 is 1.73 bits per heavy atom. The highest BCUT2D eigenvalue weighted by Gasteiger charge is 2.12. The van der Waals surface area contributed by atoms with E-state index in [9.17, 15) is 16.8 Å². The number of nitrogens with zero attached hydrogens (tertiary/aromatic N) is 2. The Balaban J connectivity index is 1.48. The molecule has 0 saturated heterocycles. The van der Waals surface area contributed by atoms with Crippen molar-refractivity contribution in [1.29, 1.82) is 0 Å². The van der Waals surface area contributed by atoms with Crippen LogP contribution in [0.4, 0.5) is 5.69 Å². The van der Waals surface area contributed by atoms with Gasteiger partial charge >= 0.3 is 0 Å². The van der Waals surface area contributed by atoms with E-state index in [2.05, 4.69) is 19.3 Å². The molecule has 2 N–H and O–H groups in total. The van der Waals surface area contributed by atoms with E-state index in [1.807, 2.05) is 19.2 Å². The van der Waals surface area contributed by atoms with Gasteiger partial charge in [-0.15, -0.1) is 0 Å². The van der Waals surface area contributed by atoms with E-state index >= 15 is 0 Å². The zero-order chi connectivity index (χ0) is 24.1. The molecule has 1 aromatic heterocycles. The van der Waals surface area contributed by atoms with Gasteiger partial charge in [-0.05, 0) is 69.0 Å². The first-order chi connectivity index (χ1) is 15.6. The fourth-order valence-electron chi connectivity index (χ4n) is 3.23. The van der Waals surface area contributed by atoms with Crippen LogP contribution in [0.3, 0.4) is 0 Å². The normalized spacial score (nSPS) is 12.2. The second-order valence-electron chi connectivity index (χ2n) is 7.70. The van der Waals surface area contributed by atoms with Crippen molar-refractivity contribution in [1.82, 2.24) is 14.6 Å². The average Bonchev–Trinajstić information content (AvgIpc) is 2.76. The summed E-state index contributed by atoms with van der Waals surface area (Å²) in [5.41, 5.74) is 2.13. The van der Waals surface area contributed by atoms with E-state index in [1.165, 1.54) is 7.05 Å². The van der Waals surface area contributed by atoms with Crippen LogP contribution in [0.15, 0.2) is 59.5 Å². The van der Waals surface area contributed by atoms with Crippen LogP contribution in [0.5, 0.6) is 5.75 Å². The molecule has 0 radical (unpaired) electrons. The topological polar surface area (TPSA) is 118 Å². The Morgan fingerprint density at radius 3 is 2.39 bits per heavy atom. The Hall–Kier alpha value is -2.73. The molecule has 0 saturated carbocycles. The standard InChI is InChI=1S/C22H28N4O5S2/c1-23-33(29,30)21-11-12-22-17(15-21)5-6-19(24-22)16-26(2)13-4-14-31-20-9-7-18(8-10-20)25-32(3,27)28/h5-12,15,23,25H,4,13-14,16H2,1-3H3. The van der Waals surface area contributed by atoms with Crippen LogP contribution in [0, 0.1) is 0 Å². The van der Waals surface area contributed by atoms with Gasteiger partial charge in [0.1, 0.15) is 5.75 Å². The second kappa shape index (κ2) is 10.5. The molecule has 0 atom stereocenters. The number of benzene rings is 2. The highest BCUT2D eigenvalue weighted by molar-refractivity contribution is 7.92. The van der Waals surface area contributed by atoms with Crippen molar-refractivity contribution in [2.24, 2.45) is 0 Å². The number of ether oxygens (including phenoxy) is 1. The van der Waals surface area contributed by atoms with Crippen LogP contribution in [-0.4, -0.2) is 60.2 Å². The fraction of sp³-hybridized carbons (Fsp3) is 0.318. The van der Waals surface area contributed by atoms with Gasteiger partial charge in [-0.1, -0.05) is 6.07 Å². The molecular weight excluding hydrogens is 464 g/mol. The first-order valence-corrected chi connectivity index (χ1v) is 13.7. The molecule has 0 amide bonds. The summed E-state index contributed by atoms with van der Waals surface area (Å²) in [6.45, 7) is 1.97. The van der Waals surface area contributed by atoms with E-state index < -0.39 is 20.0 Å². The van der Waals surface area contributed by atoms with Gasteiger partial charge in [-0.3, -0.25) is 9.71 Å². The summed E-state index contributed by atoms with van der Waals surface area (Å²) >= 11 is 0.